The van der Waals surface area contributed by atoms with E-state index in [0.29, 0.717) is 11.5 Å². The van der Waals surface area contributed by atoms with E-state index in [4.69, 9.17) is 0 Å². The maximum atomic E-state index is 13.3. The van der Waals surface area contributed by atoms with Crippen LogP contribution in [-0.2, 0) is 9.59 Å². The predicted octanol–water partition coefficient (Wildman–Crippen LogP) is 4.43. The number of aromatic nitrogens is 2. The van der Waals surface area contributed by atoms with Crippen molar-refractivity contribution in [2.45, 2.75) is 25.8 Å². The highest BCUT2D eigenvalue weighted by Gasteiger charge is 2.48. The highest BCUT2D eigenvalue weighted by molar-refractivity contribution is 7.13. The Labute approximate surface area is 176 Å². The van der Waals surface area contributed by atoms with E-state index in [1.165, 1.54) is 34.7 Å². The zero-order chi connectivity index (χ0) is 21.4. The molecule has 1 N–H and O–H groups in total. The summed E-state index contributed by atoms with van der Waals surface area (Å²) in [6.45, 7) is 4.13. The van der Waals surface area contributed by atoms with Crippen LogP contribution in [0.2, 0.25) is 0 Å². The zero-order valence-electron chi connectivity index (χ0n) is 16.2. The Kier molecular flexibility index (Phi) is 5.17. The normalized spacial score (nSPS) is 18.4. The molecule has 0 saturated carbocycles. The van der Waals surface area contributed by atoms with Gasteiger partial charge in [0.25, 0.3) is 5.78 Å². The molecule has 2 aromatic carbocycles. The van der Waals surface area contributed by atoms with Crippen molar-refractivity contribution >= 4 is 33.9 Å². The van der Waals surface area contributed by atoms with Gasteiger partial charge in [-0.15, -0.1) is 10.2 Å². The van der Waals surface area contributed by atoms with E-state index < -0.39 is 23.5 Å². The van der Waals surface area contributed by atoms with E-state index in [-0.39, 0.29) is 22.0 Å². The molecule has 3 aromatic rings. The quantitative estimate of drug-likeness (QED) is 0.381. The lowest BCUT2D eigenvalue weighted by atomic mass is 9.93. The Balaban J connectivity index is 1.90. The number of ketones is 1. The highest BCUT2D eigenvalue weighted by Crippen LogP contribution is 2.42. The van der Waals surface area contributed by atoms with E-state index >= 15 is 0 Å². The molecular weight excluding hydrogens is 405 g/mol. The van der Waals surface area contributed by atoms with Crippen molar-refractivity contribution in [1.82, 2.24) is 10.2 Å². The number of aliphatic hydroxyl groups is 1. The standard InChI is InChI=1S/C22H18FN3O3S/c1-12(2)13-3-5-14(6-4-13)18-17(19(27)15-7-9-16(23)10-8-15)20(28)21(29)26(18)22-25-24-11-30-22/h3-12,18,27H,1-2H3/t18-/m0/s1. The maximum absolute atomic E-state index is 13.3. The summed E-state index contributed by atoms with van der Waals surface area (Å²) >= 11 is 1.12. The molecular formula is C22H18FN3O3S. The molecule has 1 aromatic heterocycles. The summed E-state index contributed by atoms with van der Waals surface area (Å²) in [6, 6.07) is 11.7. The Morgan fingerprint density at radius 1 is 1.10 bits per heavy atom. The molecule has 1 saturated heterocycles. The number of carbonyl (C=O) groups is 2. The molecule has 0 unspecified atom stereocenters. The van der Waals surface area contributed by atoms with E-state index in [9.17, 15) is 19.1 Å². The van der Waals surface area contributed by atoms with Crippen LogP contribution in [0.3, 0.4) is 0 Å². The number of carbonyl (C=O) groups excluding carboxylic acids is 2. The summed E-state index contributed by atoms with van der Waals surface area (Å²) in [6.07, 6.45) is 0. The number of hydrogen-bond acceptors (Lipinski definition) is 6. The fourth-order valence-electron chi connectivity index (χ4n) is 3.44. The monoisotopic (exact) mass is 423 g/mol. The second-order valence-electron chi connectivity index (χ2n) is 7.22. The van der Waals surface area contributed by atoms with Gasteiger partial charge in [0.2, 0.25) is 5.13 Å². The molecule has 4 rings (SSSR count). The van der Waals surface area contributed by atoms with Crippen LogP contribution < -0.4 is 4.90 Å². The minimum absolute atomic E-state index is 0.0703. The van der Waals surface area contributed by atoms with Crippen molar-refractivity contribution in [3.8, 4) is 0 Å². The summed E-state index contributed by atoms with van der Waals surface area (Å²) in [7, 11) is 0. The van der Waals surface area contributed by atoms with Crippen LogP contribution in [0.5, 0.6) is 0 Å². The van der Waals surface area contributed by atoms with Crippen LogP contribution in [0, 0.1) is 5.82 Å². The highest BCUT2D eigenvalue weighted by atomic mass is 32.1. The van der Waals surface area contributed by atoms with Crippen LogP contribution in [0.15, 0.2) is 59.6 Å². The molecule has 0 radical (unpaired) electrons. The summed E-state index contributed by atoms with van der Waals surface area (Å²) in [4.78, 5) is 27.0. The number of aliphatic hydroxyl groups excluding tert-OH is 1. The first-order valence-electron chi connectivity index (χ1n) is 9.31. The van der Waals surface area contributed by atoms with Gasteiger partial charge in [-0.05, 0) is 41.3 Å². The number of amides is 1. The van der Waals surface area contributed by atoms with Crippen molar-refractivity contribution < 1.29 is 19.1 Å². The second kappa shape index (κ2) is 7.79. The molecule has 0 spiro atoms. The number of rotatable bonds is 4. The second-order valence-corrected chi connectivity index (χ2v) is 8.03. The number of anilines is 1. The molecule has 6 nitrogen and oxygen atoms in total. The van der Waals surface area contributed by atoms with Crippen LogP contribution in [-0.4, -0.2) is 27.0 Å². The summed E-state index contributed by atoms with van der Waals surface area (Å²) in [5.74, 6) is -2.15. The molecule has 30 heavy (non-hydrogen) atoms. The van der Waals surface area contributed by atoms with Gasteiger partial charge in [0.15, 0.2) is 0 Å². The van der Waals surface area contributed by atoms with Gasteiger partial charge in [0, 0.05) is 5.56 Å². The van der Waals surface area contributed by atoms with Crippen molar-refractivity contribution in [3.05, 3.63) is 82.1 Å². The smallest absolute Gasteiger partial charge is 0.301 e. The topological polar surface area (TPSA) is 83.4 Å². The van der Waals surface area contributed by atoms with Crippen LogP contribution in [0.4, 0.5) is 9.52 Å². The first-order chi connectivity index (χ1) is 14.4. The van der Waals surface area contributed by atoms with Crippen molar-refractivity contribution in [3.63, 3.8) is 0 Å². The Bertz CT molecular complexity index is 1120. The van der Waals surface area contributed by atoms with Crippen LogP contribution in [0.1, 0.15) is 42.5 Å². The molecule has 0 aliphatic carbocycles. The van der Waals surface area contributed by atoms with Gasteiger partial charge in [-0.3, -0.25) is 14.5 Å². The third kappa shape index (κ3) is 3.39. The fourth-order valence-corrected chi connectivity index (χ4v) is 4.03. The van der Waals surface area contributed by atoms with Gasteiger partial charge in [0.1, 0.15) is 17.1 Å². The molecule has 1 aliphatic heterocycles. The third-order valence-electron chi connectivity index (χ3n) is 5.04. The molecule has 1 fully saturated rings. The van der Waals surface area contributed by atoms with Crippen molar-refractivity contribution in [2.75, 3.05) is 4.90 Å². The Morgan fingerprint density at radius 2 is 1.77 bits per heavy atom. The molecule has 1 atom stereocenters. The first kappa shape index (κ1) is 19.9. The van der Waals surface area contributed by atoms with E-state index in [1.54, 1.807) is 0 Å². The fraction of sp³-hybridized carbons (Fsp3) is 0.182. The number of halogens is 1. The first-order valence-corrected chi connectivity index (χ1v) is 10.2. The van der Waals surface area contributed by atoms with Gasteiger partial charge < -0.3 is 5.11 Å². The SMILES string of the molecule is CC(C)c1ccc([C@H]2C(=C(O)c3ccc(F)cc3)C(=O)C(=O)N2c2nncs2)cc1. The lowest BCUT2D eigenvalue weighted by Crippen LogP contribution is -2.29. The third-order valence-corrected chi connectivity index (χ3v) is 5.72. The molecule has 0 bridgehead atoms. The number of benzene rings is 2. The Morgan fingerprint density at radius 3 is 2.33 bits per heavy atom. The summed E-state index contributed by atoms with van der Waals surface area (Å²) in [5, 5.41) is 18.9. The molecule has 1 aliphatic rings. The van der Waals surface area contributed by atoms with Crippen LogP contribution in [0.25, 0.3) is 5.76 Å². The summed E-state index contributed by atoms with van der Waals surface area (Å²) < 4.78 is 13.3. The van der Waals surface area contributed by atoms with E-state index in [1.807, 2.05) is 24.3 Å². The van der Waals surface area contributed by atoms with Gasteiger partial charge in [-0.2, -0.15) is 0 Å². The number of Topliss-reactive ketones (excluding diaryl/α,β-unsaturated/α-hetero) is 1. The minimum atomic E-state index is -0.871. The lowest BCUT2D eigenvalue weighted by Gasteiger charge is -2.23. The zero-order valence-corrected chi connectivity index (χ0v) is 17.1. The Hall–Kier alpha value is -3.39. The van der Waals surface area contributed by atoms with E-state index in [0.717, 1.165) is 16.9 Å². The molecule has 2 heterocycles. The number of hydrogen-bond donors (Lipinski definition) is 1. The largest absolute Gasteiger partial charge is 0.507 e. The van der Waals surface area contributed by atoms with Gasteiger partial charge in [-0.1, -0.05) is 49.4 Å². The van der Waals surface area contributed by atoms with Crippen molar-refractivity contribution in [1.29, 1.82) is 0 Å². The lowest BCUT2D eigenvalue weighted by molar-refractivity contribution is -0.132. The summed E-state index contributed by atoms with van der Waals surface area (Å²) in [5.41, 5.74) is 3.39. The van der Waals surface area contributed by atoms with Gasteiger partial charge in [0.05, 0.1) is 11.6 Å². The maximum Gasteiger partial charge on any atom is 0.301 e. The van der Waals surface area contributed by atoms with Crippen LogP contribution >= 0.6 is 11.3 Å². The predicted molar refractivity (Wildman–Crippen MR) is 112 cm³/mol. The van der Waals surface area contributed by atoms with Gasteiger partial charge >= 0.3 is 5.91 Å². The molecule has 1 amide bonds. The van der Waals surface area contributed by atoms with E-state index in [2.05, 4.69) is 24.0 Å². The minimum Gasteiger partial charge on any atom is -0.507 e. The van der Waals surface area contributed by atoms with Gasteiger partial charge in [-0.25, -0.2) is 4.39 Å². The van der Waals surface area contributed by atoms with Crippen molar-refractivity contribution in [2.24, 2.45) is 0 Å². The molecule has 152 valence electrons. The number of nitrogens with zero attached hydrogens (tertiary/aromatic N) is 3. The average molecular weight is 423 g/mol. The average Bonchev–Trinajstić information content (AvgIpc) is 3.35. The molecule has 8 heteroatoms.